The number of hydrogen-bond acceptors (Lipinski definition) is 3. The molecule has 2 aliphatic rings. The Balaban J connectivity index is 1.71. The van der Waals surface area contributed by atoms with Crippen LogP contribution in [0.2, 0.25) is 0 Å². The molecule has 0 unspecified atom stereocenters. The van der Waals surface area contributed by atoms with E-state index in [-0.39, 0.29) is 23.7 Å². The van der Waals surface area contributed by atoms with E-state index in [9.17, 15) is 9.59 Å². The standard InChI is InChI=1S/C14H15BrN2O2/c1-16-13(18)11-7-17(8-12(11)14(16)19)6-9-3-2-4-10(15)5-9/h2-5,11-12H,6-8H2,1H3/t11-,12+. The Bertz CT molecular complexity index is 522. The Labute approximate surface area is 120 Å². The van der Waals surface area contributed by atoms with Crippen molar-refractivity contribution < 1.29 is 9.59 Å². The van der Waals surface area contributed by atoms with E-state index in [0.717, 1.165) is 11.0 Å². The third kappa shape index (κ3) is 2.21. The second kappa shape index (κ2) is 4.72. The molecule has 2 atom stereocenters. The SMILES string of the molecule is CN1C(=O)[C@H]2CN(Cc3cccc(Br)c3)C[C@H]2C1=O. The Morgan fingerprint density at radius 3 is 2.42 bits per heavy atom. The van der Waals surface area contributed by atoms with Crippen LogP contribution in [0.5, 0.6) is 0 Å². The Morgan fingerprint density at radius 1 is 1.21 bits per heavy atom. The molecule has 2 aliphatic heterocycles. The van der Waals surface area contributed by atoms with Crippen molar-refractivity contribution in [1.29, 1.82) is 0 Å². The largest absolute Gasteiger partial charge is 0.297 e. The monoisotopic (exact) mass is 322 g/mol. The molecule has 100 valence electrons. The van der Waals surface area contributed by atoms with Gasteiger partial charge in [-0.15, -0.1) is 0 Å². The second-order valence-corrected chi connectivity index (χ2v) is 6.19. The molecular weight excluding hydrogens is 308 g/mol. The molecule has 2 fully saturated rings. The van der Waals surface area contributed by atoms with Gasteiger partial charge in [0.2, 0.25) is 11.8 Å². The number of fused-ring (bicyclic) bond motifs is 1. The van der Waals surface area contributed by atoms with Crippen LogP contribution in [0.1, 0.15) is 5.56 Å². The minimum Gasteiger partial charge on any atom is -0.297 e. The lowest BCUT2D eigenvalue weighted by Crippen LogP contribution is -2.32. The zero-order valence-electron chi connectivity index (χ0n) is 10.7. The number of benzene rings is 1. The van der Waals surface area contributed by atoms with Crippen molar-refractivity contribution >= 4 is 27.7 Å². The molecular formula is C14H15BrN2O2. The molecule has 0 bridgehead atoms. The van der Waals surface area contributed by atoms with Gasteiger partial charge in [0.05, 0.1) is 11.8 Å². The molecule has 0 aromatic heterocycles. The molecule has 0 radical (unpaired) electrons. The molecule has 3 rings (SSSR count). The lowest BCUT2D eigenvalue weighted by molar-refractivity contribution is -0.138. The van der Waals surface area contributed by atoms with E-state index in [2.05, 4.69) is 33.0 Å². The summed E-state index contributed by atoms with van der Waals surface area (Å²) in [6.07, 6.45) is 0. The summed E-state index contributed by atoms with van der Waals surface area (Å²) in [4.78, 5) is 27.3. The normalized spacial score (nSPS) is 27.2. The fraction of sp³-hybridized carbons (Fsp3) is 0.429. The quantitative estimate of drug-likeness (QED) is 0.775. The highest BCUT2D eigenvalue weighted by atomic mass is 79.9. The highest BCUT2D eigenvalue weighted by Gasteiger charge is 2.50. The van der Waals surface area contributed by atoms with Gasteiger partial charge in [-0.3, -0.25) is 19.4 Å². The summed E-state index contributed by atoms with van der Waals surface area (Å²) in [6, 6.07) is 8.13. The average molecular weight is 323 g/mol. The van der Waals surface area contributed by atoms with Gasteiger partial charge < -0.3 is 0 Å². The average Bonchev–Trinajstić information content (AvgIpc) is 2.86. The highest BCUT2D eigenvalue weighted by molar-refractivity contribution is 9.10. The number of imide groups is 1. The van der Waals surface area contributed by atoms with Gasteiger partial charge >= 0.3 is 0 Å². The van der Waals surface area contributed by atoms with Crippen LogP contribution in [0.25, 0.3) is 0 Å². The first-order chi connectivity index (χ1) is 9.06. The van der Waals surface area contributed by atoms with Crippen LogP contribution in [-0.4, -0.2) is 41.8 Å². The van der Waals surface area contributed by atoms with Crippen molar-refractivity contribution in [3.05, 3.63) is 34.3 Å². The molecule has 0 N–H and O–H groups in total. The lowest BCUT2D eigenvalue weighted by Gasteiger charge is -2.18. The first-order valence-corrected chi connectivity index (χ1v) is 7.14. The van der Waals surface area contributed by atoms with Crippen molar-refractivity contribution in [2.45, 2.75) is 6.54 Å². The second-order valence-electron chi connectivity index (χ2n) is 5.27. The molecule has 0 spiro atoms. The molecule has 4 nitrogen and oxygen atoms in total. The van der Waals surface area contributed by atoms with Crippen LogP contribution in [0, 0.1) is 11.8 Å². The zero-order chi connectivity index (χ0) is 13.6. The van der Waals surface area contributed by atoms with Crippen molar-refractivity contribution in [3.8, 4) is 0 Å². The summed E-state index contributed by atoms with van der Waals surface area (Å²) >= 11 is 3.45. The summed E-state index contributed by atoms with van der Waals surface area (Å²) < 4.78 is 1.05. The molecule has 2 heterocycles. The van der Waals surface area contributed by atoms with E-state index >= 15 is 0 Å². The van der Waals surface area contributed by atoms with E-state index in [1.165, 1.54) is 10.5 Å². The van der Waals surface area contributed by atoms with E-state index in [1.807, 2.05) is 12.1 Å². The van der Waals surface area contributed by atoms with Gasteiger partial charge in [-0.05, 0) is 17.7 Å². The van der Waals surface area contributed by atoms with Crippen LogP contribution >= 0.6 is 15.9 Å². The Kier molecular flexibility index (Phi) is 3.19. The number of halogens is 1. The molecule has 0 saturated carbocycles. The van der Waals surface area contributed by atoms with Crippen LogP contribution in [-0.2, 0) is 16.1 Å². The molecule has 1 aromatic carbocycles. The van der Waals surface area contributed by atoms with Gasteiger partial charge in [-0.1, -0.05) is 28.1 Å². The van der Waals surface area contributed by atoms with Crippen LogP contribution < -0.4 is 0 Å². The molecule has 2 amide bonds. The maximum atomic E-state index is 11.9. The van der Waals surface area contributed by atoms with E-state index < -0.39 is 0 Å². The smallest absolute Gasteiger partial charge is 0.234 e. The van der Waals surface area contributed by atoms with Crippen LogP contribution in [0.4, 0.5) is 0 Å². The van der Waals surface area contributed by atoms with Crippen molar-refractivity contribution in [3.63, 3.8) is 0 Å². The maximum absolute atomic E-state index is 11.9. The fourth-order valence-corrected chi connectivity index (χ4v) is 3.46. The van der Waals surface area contributed by atoms with Gasteiger partial charge in [-0.2, -0.15) is 0 Å². The van der Waals surface area contributed by atoms with Gasteiger partial charge in [0, 0.05) is 31.2 Å². The minimum absolute atomic E-state index is 0.0215. The first-order valence-electron chi connectivity index (χ1n) is 6.34. The molecule has 19 heavy (non-hydrogen) atoms. The molecule has 2 saturated heterocycles. The van der Waals surface area contributed by atoms with E-state index in [1.54, 1.807) is 7.05 Å². The van der Waals surface area contributed by atoms with E-state index in [0.29, 0.717) is 13.1 Å². The predicted octanol–water partition coefficient (Wildman–Crippen LogP) is 1.50. The summed E-state index contributed by atoms with van der Waals surface area (Å²) in [5, 5.41) is 0. The number of carbonyl (C=O) groups is 2. The zero-order valence-corrected chi connectivity index (χ0v) is 12.3. The molecule has 5 heteroatoms. The summed E-state index contributed by atoms with van der Waals surface area (Å²) in [5.41, 5.74) is 1.20. The minimum atomic E-state index is -0.135. The lowest BCUT2D eigenvalue weighted by atomic mass is 10.00. The number of likely N-dealkylation sites (tertiary alicyclic amines) is 2. The van der Waals surface area contributed by atoms with Crippen molar-refractivity contribution in [2.24, 2.45) is 11.8 Å². The maximum Gasteiger partial charge on any atom is 0.234 e. The number of nitrogens with zero attached hydrogens (tertiary/aromatic N) is 2. The molecule has 1 aromatic rings. The number of rotatable bonds is 2. The van der Waals surface area contributed by atoms with Crippen LogP contribution in [0.15, 0.2) is 28.7 Å². The first kappa shape index (κ1) is 12.8. The Morgan fingerprint density at radius 2 is 1.84 bits per heavy atom. The van der Waals surface area contributed by atoms with Gasteiger partial charge in [-0.25, -0.2) is 0 Å². The van der Waals surface area contributed by atoms with Gasteiger partial charge in [0.15, 0.2) is 0 Å². The number of carbonyl (C=O) groups excluding carboxylic acids is 2. The molecule has 0 aliphatic carbocycles. The van der Waals surface area contributed by atoms with Gasteiger partial charge in [0.1, 0.15) is 0 Å². The van der Waals surface area contributed by atoms with Gasteiger partial charge in [0.25, 0.3) is 0 Å². The topological polar surface area (TPSA) is 40.6 Å². The van der Waals surface area contributed by atoms with Crippen molar-refractivity contribution in [2.75, 3.05) is 20.1 Å². The number of amides is 2. The fourth-order valence-electron chi connectivity index (χ4n) is 3.01. The Hall–Kier alpha value is -1.20. The summed E-state index contributed by atoms with van der Waals surface area (Å²) in [7, 11) is 1.58. The number of hydrogen-bond donors (Lipinski definition) is 0. The third-order valence-electron chi connectivity index (χ3n) is 3.99. The van der Waals surface area contributed by atoms with E-state index in [4.69, 9.17) is 0 Å². The van der Waals surface area contributed by atoms with Crippen LogP contribution in [0.3, 0.4) is 0 Å². The highest BCUT2D eigenvalue weighted by Crippen LogP contribution is 2.33. The summed E-state index contributed by atoms with van der Waals surface area (Å²) in [6.45, 7) is 2.16. The summed E-state index contributed by atoms with van der Waals surface area (Å²) in [5.74, 6) is -0.312. The predicted molar refractivity (Wildman–Crippen MR) is 74.2 cm³/mol. The third-order valence-corrected chi connectivity index (χ3v) is 4.48. The van der Waals surface area contributed by atoms with Crippen molar-refractivity contribution in [1.82, 2.24) is 9.80 Å².